The Labute approximate surface area is 114 Å². The van der Waals surface area contributed by atoms with Gasteiger partial charge in [0.25, 0.3) is 0 Å². The molecule has 2 aromatic carbocycles. The first kappa shape index (κ1) is 12.1. The molecule has 2 heteroatoms. The lowest BCUT2D eigenvalue weighted by Gasteiger charge is -2.21. The van der Waals surface area contributed by atoms with Gasteiger partial charge in [-0.2, -0.15) is 0 Å². The van der Waals surface area contributed by atoms with Gasteiger partial charge in [0.2, 0.25) is 0 Å². The van der Waals surface area contributed by atoms with E-state index in [9.17, 15) is 0 Å². The van der Waals surface area contributed by atoms with E-state index in [1.807, 2.05) is 12.1 Å². The first-order valence-electron chi connectivity index (χ1n) is 6.98. The lowest BCUT2D eigenvalue weighted by atomic mass is 9.90. The third-order valence-electron chi connectivity index (χ3n) is 3.96. The summed E-state index contributed by atoms with van der Waals surface area (Å²) >= 11 is 0. The van der Waals surface area contributed by atoms with Crippen molar-refractivity contribution in [2.75, 3.05) is 11.1 Å². The van der Waals surface area contributed by atoms with Crippen molar-refractivity contribution in [3.05, 3.63) is 53.1 Å². The second kappa shape index (κ2) is 4.96. The largest absolute Gasteiger partial charge is 0.397 e. The Kier molecular flexibility index (Phi) is 3.16. The number of benzene rings is 2. The standard InChI is InChI=1S/C17H20N2/c1-12-6-4-10-15(18)17(12)19-16-11-5-8-13-7-2-3-9-14(13)16/h4-6,8,10-11,19H,2-3,7,9,18H2,1H3. The van der Waals surface area contributed by atoms with Crippen molar-refractivity contribution >= 4 is 17.1 Å². The highest BCUT2D eigenvalue weighted by atomic mass is 14.9. The van der Waals surface area contributed by atoms with E-state index in [1.54, 1.807) is 0 Å². The first-order valence-corrected chi connectivity index (χ1v) is 6.98. The summed E-state index contributed by atoms with van der Waals surface area (Å²) in [6, 6.07) is 12.6. The van der Waals surface area contributed by atoms with Crippen LogP contribution in [0.15, 0.2) is 36.4 Å². The fourth-order valence-corrected chi connectivity index (χ4v) is 2.89. The first-order chi connectivity index (χ1) is 9.25. The topological polar surface area (TPSA) is 38.0 Å². The predicted molar refractivity (Wildman–Crippen MR) is 82.0 cm³/mol. The van der Waals surface area contributed by atoms with E-state index in [0.717, 1.165) is 11.4 Å². The van der Waals surface area contributed by atoms with Crippen molar-refractivity contribution in [2.24, 2.45) is 0 Å². The number of nitrogen functional groups attached to an aromatic ring is 1. The average Bonchev–Trinajstić information content (AvgIpc) is 2.43. The van der Waals surface area contributed by atoms with Crippen molar-refractivity contribution in [1.29, 1.82) is 0 Å². The normalized spacial score (nSPS) is 13.9. The van der Waals surface area contributed by atoms with Crippen LogP contribution in [0.3, 0.4) is 0 Å². The van der Waals surface area contributed by atoms with E-state index < -0.39 is 0 Å². The van der Waals surface area contributed by atoms with Crippen LogP contribution in [0.5, 0.6) is 0 Å². The zero-order valence-electron chi connectivity index (χ0n) is 11.4. The smallest absolute Gasteiger partial charge is 0.0647 e. The van der Waals surface area contributed by atoms with Crippen LogP contribution >= 0.6 is 0 Å². The van der Waals surface area contributed by atoms with Gasteiger partial charge < -0.3 is 11.1 Å². The molecule has 1 aliphatic carbocycles. The molecule has 3 N–H and O–H groups in total. The molecule has 0 saturated carbocycles. The Bertz CT molecular complexity index is 582. The van der Waals surface area contributed by atoms with E-state index in [4.69, 9.17) is 5.73 Å². The highest BCUT2D eigenvalue weighted by molar-refractivity contribution is 5.77. The number of rotatable bonds is 2. The maximum Gasteiger partial charge on any atom is 0.0647 e. The van der Waals surface area contributed by atoms with E-state index >= 15 is 0 Å². The molecule has 0 saturated heterocycles. The number of anilines is 3. The molecule has 0 atom stereocenters. The second-order valence-electron chi connectivity index (χ2n) is 5.31. The summed E-state index contributed by atoms with van der Waals surface area (Å²) in [6.07, 6.45) is 4.97. The molecule has 19 heavy (non-hydrogen) atoms. The lowest BCUT2D eigenvalue weighted by molar-refractivity contribution is 0.687. The fourth-order valence-electron chi connectivity index (χ4n) is 2.89. The summed E-state index contributed by atoms with van der Waals surface area (Å²) in [4.78, 5) is 0. The average molecular weight is 252 g/mol. The molecule has 0 amide bonds. The maximum absolute atomic E-state index is 6.08. The number of para-hydroxylation sites is 1. The van der Waals surface area contributed by atoms with Crippen LogP contribution < -0.4 is 11.1 Å². The number of fused-ring (bicyclic) bond motifs is 1. The van der Waals surface area contributed by atoms with Crippen molar-refractivity contribution < 1.29 is 0 Å². The Balaban J connectivity index is 2.00. The zero-order chi connectivity index (χ0) is 13.2. The highest BCUT2D eigenvalue weighted by Crippen LogP contribution is 2.32. The van der Waals surface area contributed by atoms with Gasteiger partial charge in [-0.15, -0.1) is 0 Å². The van der Waals surface area contributed by atoms with Crippen molar-refractivity contribution in [3.8, 4) is 0 Å². The van der Waals surface area contributed by atoms with E-state index in [-0.39, 0.29) is 0 Å². The zero-order valence-corrected chi connectivity index (χ0v) is 11.4. The number of aryl methyl sites for hydroxylation is 2. The Morgan fingerprint density at radius 3 is 2.63 bits per heavy atom. The monoisotopic (exact) mass is 252 g/mol. The third-order valence-corrected chi connectivity index (χ3v) is 3.96. The van der Waals surface area contributed by atoms with E-state index in [1.165, 1.54) is 48.1 Å². The molecule has 0 radical (unpaired) electrons. The van der Waals surface area contributed by atoms with E-state index in [2.05, 4.69) is 36.5 Å². The lowest BCUT2D eigenvalue weighted by Crippen LogP contribution is -2.07. The summed E-state index contributed by atoms with van der Waals surface area (Å²) in [5, 5.41) is 3.54. The second-order valence-corrected chi connectivity index (χ2v) is 5.31. The van der Waals surface area contributed by atoms with Gasteiger partial charge in [0.05, 0.1) is 11.4 Å². The maximum atomic E-state index is 6.08. The Morgan fingerprint density at radius 2 is 1.79 bits per heavy atom. The number of nitrogens with one attached hydrogen (secondary N) is 1. The van der Waals surface area contributed by atoms with Crippen LogP contribution in [0.2, 0.25) is 0 Å². The quantitative estimate of drug-likeness (QED) is 0.786. The molecule has 0 aromatic heterocycles. The number of nitrogens with two attached hydrogens (primary N) is 1. The van der Waals surface area contributed by atoms with Crippen LogP contribution in [-0.4, -0.2) is 0 Å². The van der Waals surface area contributed by atoms with Crippen LogP contribution in [0, 0.1) is 6.92 Å². The van der Waals surface area contributed by atoms with Gasteiger partial charge in [0.15, 0.2) is 0 Å². The molecule has 1 aliphatic rings. The van der Waals surface area contributed by atoms with Crippen LogP contribution in [0.4, 0.5) is 17.1 Å². The Morgan fingerprint density at radius 1 is 1.00 bits per heavy atom. The van der Waals surface area contributed by atoms with Gasteiger partial charge >= 0.3 is 0 Å². The summed E-state index contributed by atoms with van der Waals surface area (Å²) in [5.74, 6) is 0. The molecule has 0 heterocycles. The van der Waals surface area contributed by atoms with Crippen LogP contribution in [0.1, 0.15) is 29.5 Å². The minimum Gasteiger partial charge on any atom is -0.397 e. The van der Waals surface area contributed by atoms with Gasteiger partial charge in [-0.3, -0.25) is 0 Å². The summed E-state index contributed by atoms with van der Waals surface area (Å²) in [5.41, 5.74) is 13.3. The van der Waals surface area contributed by atoms with Gasteiger partial charge in [0.1, 0.15) is 0 Å². The molecule has 2 nitrogen and oxygen atoms in total. The van der Waals surface area contributed by atoms with Crippen molar-refractivity contribution in [1.82, 2.24) is 0 Å². The van der Waals surface area contributed by atoms with Crippen molar-refractivity contribution in [3.63, 3.8) is 0 Å². The van der Waals surface area contributed by atoms with E-state index in [0.29, 0.717) is 0 Å². The van der Waals surface area contributed by atoms with Crippen molar-refractivity contribution in [2.45, 2.75) is 32.6 Å². The summed E-state index contributed by atoms with van der Waals surface area (Å²) in [7, 11) is 0. The van der Waals surface area contributed by atoms with Crippen LogP contribution in [-0.2, 0) is 12.8 Å². The SMILES string of the molecule is Cc1cccc(N)c1Nc1cccc2c1CCCC2. The predicted octanol–water partition coefficient (Wildman–Crippen LogP) is 4.20. The van der Waals surface area contributed by atoms with Gasteiger partial charge in [-0.05, 0) is 61.4 Å². The molecule has 0 bridgehead atoms. The van der Waals surface area contributed by atoms with Gasteiger partial charge in [-0.1, -0.05) is 24.3 Å². The van der Waals surface area contributed by atoms with Gasteiger partial charge in [-0.25, -0.2) is 0 Å². The minimum atomic E-state index is 0.813. The Hall–Kier alpha value is -1.96. The molecule has 0 aliphatic heterocycles. The fraction of sp³-hybridized carbons (Fsp3) is 0.294. The molecular formula is C17H20N2. The molecule has 3 rings (SSSR count). The number of hydrogen-bond donors (Lipinski definition) is 2. The number of hydrogen-bond acceptors (Lipinski definition) is 2. The highest BCUT2D eigenvalue weighted by Gasteiger charge is 2.13. The summed E-state index contributed by atoms with van der Waals surface area (Å²) in [6.45, 7) is 2.09. The molecule has 2 aromatic rings. The minimum absolute atomic E-state index is 0.813. The molecule has 0 unspecified atom stereocenters. The third kappa shape index (κ3) is 2.30. The molecule has 0 spiro atoms. The summed E-state index contributed by atoms with van der Waals surface area (Å²) < 4.78 is 0. The molecule has 98 valence electrons. The molecule has 0 fully saturated rings. The molecular weight excluding hydrogens is 232 g/mol. The van der Waals surface area contributed by atoms with Crippen LogP contribution in [0.25, 0.3) is 0 Å². The van der Waals surface area contributed by atoms with Gasteiger partial charge in [0, 0.05) is 5.69 Å².